The van der Waals surface area contributed by atoms with Crippen LogP contribution >= 0.6 is 0 Å². The van der Waals surface area contributed by atoms with Gasteiger partial charge in [0.25, 0.3) is 15.6 Å². The van der Waals surface area contributed by atoms with Gasteiger partial charge in [0, 0.05) is 0 Å². The standard InChI is InChI=1S/C15H18N2O4S/c18-14-13(11-7-3-1-4-8-11)15(21-16-14)17-22(19,20)12-9-5-2-6-10-12/h2,5-6,9-11,17H,1,3-4,7-8H2,(H,16,18). The van der Waals surface area contributed by atoms with Gasteiger partial charge >= 0.3 is 0 Å². The fourth-order valence-electron chi connectivity index (χ4n) is 2.93. The normalized spacial score (nSPS) is 16.5. The molecule has 22 heavy (non-hydrogen) atoms. The molecule has 2 N–H and O–H groups in total. The summed E-state index contributed by atoms with van der Waals surface area (Å²) in [6.07, 6.45) is 4.99. The Morgan fingerprint density at radius 1 is 1.09 bits per heavy atom. The van der Waals surface area contributed by atoms with Crippen LogP contribution in [0.4, 0.5) is 5.88 Å². The molecule has 0 radical (unpaired) electrons. The molecule has 1 aromatic carbocycles. The number of hydrogen-bond donors (Lipinski definition) is 2. The first-order valence-corrected chi connectivity index (χ1v) is 8.85. The van der Waals surface area contributed by atoms with Crippen molar-refractivity contribution in [3.05, 3.63) is 46.2 Å². The smallest absolute Gasteiger partial charge is 0.285 e. The van der Waals surface area contributed by atoms with Crippen LogP contribution in [0.5, 0.6) is 0 Å². The van der Waals surface area contributed by atoms with E-state index >= 15 is 0 Å². The first kappa shape index (κ1) is 14.9. The van der Waals surface area contributed by atoms with Crippen molar-refractivity contribution in [1.82, 2.24) is 5.16 Å². The van der Waals surface area contributed by atoms with Crippen molar-refractivity contribution in [1.29, 1.82) is 0 Å². The Morgan fingerprint density at radius 2 is 1.77 bits per heavy atom. The summed E-state index contributed by atoms with van der Waals surface area (Å²) in [6.45, 7) is 0. The van der Waals surface area contributed by atoms with Crippen molar-refractivity contribution in [2.75, 3.05) is 4.72 Å². The third-order valence-corrected chi connectivity index (χ3v) is 5.38. The molecule has 1 fully saturated rings. The van der Waals surface area contributed by atoms with Crippen LogP contribution in [0.3, 0.4) is 0 Å². The molecular weight excluding hydrogens is 304 g/mol. The summed E-state index contributed by atoms with van der Waals surface area (Å²) in [5.41, 5.74) is 0.0665. The van der Waals surface area contributed by atoms with Crippen LogP contribution in [0, 0.1) is 0 Å². The van der Waals surface area contributed by atoms with Gasteiger partial charge in [0.05, 0.1) is 10.5 Å². The average molecular weight is 322 g/mol. The van der Waals surface area contributed by atoms with Gasteiger partial charge in [0.1, 0.15) is 0 Å². The lowest BCUT2D eigenvalue weighted by atomic mass is 9.85. The minimum Gasteiger partial charge on any atom is -0.360 e. The topological polar surface area (TPSA) is 92.2 Å². The number of aromatic amines is 1. The van der Waals surface area contributed by atoms with Crippen LogP contribution < -0.4 is 10.3 Å². The van der Waals surface area contributed by atoms with E-state index in [9.17, 15) is 13.2 Å². The molecule has 6 nitrogen and oxygen atoms in total. The molecule has 0 amide bonds. The first-order chi connectivity index (χ1) is 10.6. The molecule has 0 bridgehead atoms. The lowest BCUT2D eigenvalue weighted by molar-refractivity contribution is 0.424. The molecule has 0 atom stereocenters. The Morgan fingerprint density at radius 3 is 2.45 bits per heavy atom. The highest BCUT2D eigenvalue weighted by Crippen LogP contribution is 2.35. The summed E-state index contributed by atoms with van der Waals surface area (Å²) in [4.78, 5) is 12.1. The highest BCUT2D eigenvalue weighted by molar-refractivity contribution is 7.92. The van der Waals surface area contributed by atoms with E-state index in [0.717, 1.165) is 32.1 Å². The highest BCUT2D eigenvalue weighted by Gasteiger charge is 2.27. The third-order valence-electron chi connectivity index (χ3n) is 4.03. The quantitative estimate of drug-likeness (QED) is 0.905. The lowest BCUT2D eigenvalue weighted by Gasteiger charge is -2.20. The first-order valence-electron chi connectivity index (χ1n) is 7.37. The van der Waals surface area contributed by atoms with E-state index in [-0.39, 0.29) is 22.3 Å². The Hall–Kier alpha value is -2.02. The van der Waals surface area contributed by atoms with E-state index < -0.39 is 10.0 Å². The van der Waals surface area contributed by atoms with Gasteiger partial charge < -0.3 is 4.52 Å². The molecular formula is C15H18N2O4S. The zero-order chi connectivity index (χ0) is 15.6. The summed E-state index contributed by atoms with van der Waals surface area (Å²) in [5.74, 6) is 0.0606. The molecule has 1 aromatic heterocycles. The number of benzene rings is 1. The van der Waals surface area contributed by atoms with Crippen molar-refractivity contribution in [3.8, 4) is 0 Å². The van der Waals surface area contributed by atoms with Crippen LogP contribution in [-0.4, -0.2) is 13.6 Å². The monoisotopic (exact) mass is 322 g/mol. The van der Waals surface area contributed by atoms with Gasteiger partial charge in [-0.15, -0.1) is 0 Å². The minimum atomic E-state index is -3.76. The molecule has 118 valence electrons. The third kappa shape index (κ3) is 2.94. The van der Waals surface area contributed by atoms with Crippen molar-refractivity contribution >= 4 is 15.9 Å². The predicted octanol–water partition coefficient (Wildman–Crippen LogP) is 2.82. The molecule has 1 aliphatic carbocycles. The molecule has 3 rings (SSSR count). The van der Waals surface area contributed by atoms with Gasteiger partial charge in [-0.2, -0.15) is 5.16 Å². The summed E-state index contributed by atoms with van der Waals surface area (Å²) in [6, 6.07) is 8.01. The molecule has 2 aromatic rings. The van der Waals surface area contributed by atoms with Crippen LogP contribution in [0.15, 0.2) is 44.5 Å². The van der Waals surface area contributed by atoms with Gasteiger partial charge in [-0.25, -0.2) is 13.1 Å². The minimum absolute atomic E-state index is 0.0146. The van der Waals surface area contributed by atoms with Crippen molar-refractivity contribution in [2.45, 2.75) is 42.9 Å². The largest absolute Gasteiger partial charge is 0.360 e. The fourth-order valence-corrected chi connectivity index (χ4v) is 3.96. The summed E-state index contributed by atoms with van der Waals surface area (Å²) < 4.78 is 32.2. The Kier molecular flexibility index (Phi) is 4.06. The maximum atomic E-state index is 12.4. The highest BCUT2D eigenvalue weighted by atomic mass is 32.2. The fraction of sp³-hybridized carbons (Fsp3) is 0.400. The zero-order valence-corrected chi connectivity index (χ0v) is 12.9. The molecule has 0 spiro atoms. The second kappa shape index (κ2) is 6.00. The van der Waals surface area contributed by atoms with Gasteiger partial charge in [0.2, 0.25) is 5.88 Å². The zero-order valence-electron chi connectivity index (χ0n) is 12.0. The van der Waals surface area contributed by atoms with Crippen molar-refractivity contribution in [2.24, 2.45) is 0 Å². The lowest BCUT2D eigenvalue weighted by Crippen LogP contribution is -2.18. The van der Waals surface area contributed by atoms with Gasteiger partial charge in [-0.05, 0) is 30.9 Å². The van der Waals surface area contributed by atoms with Crippen LogP contribution in [-0.2, 0) is 10.0 Å². The second-order valence-electron chi connectivity index (χ2n) is 5.53. The maximum absolute atomic E-state index is 12.4. The van der Waals surface area contributed by atoms with Crippen molar-refractivity contribution in [3.63, 3.8) is 0 Å². The summed E-state index contributed by atoms with van der Waals surface area (Å²) in [7, 11) is -3.76. The van der Waals surface area contributed by atoms with Gasteiger partial charge in [0.15, 0.2) is 0 Å². The SMILES string of the molecule is O=c1[nH]oc(NS(=O)(=O)c2ccccc2)c1C1CCCCC1. The second-order valence-corrected chi connectivity index (χ2v) is 7.21. The number of aromatic nitrogens is 1. The van der Waals surface area contributed by atoms with E-state index in [1.165, 1.54) is 12.1 Å². The Labute approximate surface area is 128 Å². The van der Waals surface area contributed by atoms with E-state index in [1.54, 1.807) is 18.2 Å². The number of hydrogen-bond acceptors (Lipinski definition) is 4. The van der Waals surface area contributed by atoms with Crippen molar-refractivity contribution < 1.29 is 12.9 Å². The number of anilines is 1. The average Bonchev–Trinajstić information content (AvgIpc) is 2.89. The predicted molar refractivity (Wildman–Crippen MR) is 82.4 cm³/mol. The van der Waals surface area contributed by atoms with E-state index in [0.29, 0.717) is 5.56 Å². The number of H-pyrrole nitrogens is 1. The molecule has 0 saturated heterocycles. The number of nitrogens with one attached hydrogen (secondary N) is 2. The van der Waals surface area contributed by atoms with E-state index in [4.69, 9.17) is 4.52 Å². The van der Waals surface area contributed by atoms with E-state index in [1.807, 2.05) is 0 Å². The molecule has 1 heterocycles. The molecule has 0 aliphatic heterocycles. The number of rotatable bonds is 4. The Bertz CT molecular complexity index is 786. The molecule has 7 heteroatoms. The van der Waals surface area contributed by atoms with Gasteiger partial charge in [-0.3, -0.25) is 4.79 Å². The van der Waals surface area contributed by atoms with Crippen LogP contribution in [0.1, 0.15) is 43.6 Å². The molecule has 1 aliphatic rings. The summed E-state index contributed by atoms with van der Waals surface area (Å²) >= 11 is 0. The molecule has 0 unspecified atom stereocenters. The maximum Gasteiger partial charge on any atom is 0.285 e. The van der Waals surface area contributed by atoms with Crippen LogP contribution in [0.2, 0.25) is 0 Å². The summed E-state index contributed by atoms with van der Waals surface area (Å²) in [5, 5.41) is 2.25. The van der Waals surface area contributed by atoms with Crippen LogP contribution in [0.25, 0.3) is 0 Å². The molecule has 1 saturated carbocycles. The number of sulfonamides is 1. The van der Waals surface area contributed by atoms with E-state index in [2.05, 4.69) is 9.88 Å². The Balaban J connectivity index is 1.92. The van der Waals surface area contributed by atoms with Gasteiger partial charge in [-0.1, -0.05) is 37.5 Å².